The zero-order valence-electron chi connectivity index (χ0n) is 38.2. The Kier molecular flexibility index (Phi) is 14.8. The lowest BCUT2D eigenvalue weighted by molar-refractivity contribution is -0.119. The third kappa shape index (κ3) is 11.4. The van der Waals surface area contributed by atoms with E-state index in [2.05, 4.69) is 30.6 Å². The van der Waals surface area contributed by atoms with E-state index in [0.29, 0.717) is 19.5 Å². The second-order valence-corrected chi connectivity index (χ2v) is 19.4. The van der Waals surface area contributed by atoms with E-state index in [1.54, 1.807) is 23.5 Å². The van der Waals surface area contributed by atoms with Gasteiger partial charge in [-0.2, -0.15) is 8.78 Å². The molecule has 0 radical (unpaired) electrons. The Morgan fingerprint density at radius 2 is 1.32 bits per heavy atom. The van der Waals surface area contributed by atoms with Crippen LogP contribution in [0, 0.1) is 35.6 Å². The van der Waals surface area contributed by atoms with Crippen LogP contribution in [0.25, 0.3) is 10.2 Å². The van der Waals surface area contributed by atoms with Gasteiger partial charge >= 0.3 is 0 Å². The summed E-state index contributed by atoms with van der Waals surface area (Å²) in [5.74, 6) is -7.24. The molecule has 2 aliphatic rings. The van der Waals surface area contributed by atoms with Gasteiger partial charge in [-0.1, -0.05) is 57.2 Å². The van der Waals surface area contributed by atoms with Crippen LogP contribution < -0.4 is 31.9 Å². The summed E-state index contributed by atoms with van der Waals surface area (Å²) in [6.07, 6.45) is 5.71. The number of primary amides is 2. The van der Waals surface area contributed by atoms with Gasteiger partial charge in [-0.05, 0) is 85.4 Å². The van der Waals surface area contributed by atoms with E-state index in [-0.39, 0.29) is 63.9 Å². The molecule has 0 bridgehead atoms. The van der Waals surface area contributed by atoms with E-state index in [1.807, 2.05) is 54.8 Å². The third-order valence-electron chi connectivity index (χ3n) is 11.9. The minimum Gasteiger partial charge on any atom is -0.368 e. The molecule has 4 atom stereocenters. The van der Waals surface area contributed by atoms with Gasteiger partial charge in [-0.15, -0.1) is 11.3 Å². The van der Waals surface area contributed by atoms with E-state index in [1.165, 1.54) is 31.7 Å². The standard InChI is InChI=1S/C25H23F3N6OS.C23H30F3N5O/c1-13-9-16(27)14(10-15(13)26)11-18(22(29)35)32-23-21(28)24(31-12-30-23)34-8-4-6-19(34)25-33-17-5-2-3-7-20(17)36-25;1-22(2,3)12-16(19(27)32)30-20-18(24)21(29-13-28-20)31-11-5-6-17(31)14-7-9-15(10-8-14)23(4,25)26/h2-3,5,7,9-10,12,18-19H,4,6,8,11H2,1H3,(H2,29,35)(H,30,31,32);7-10,13,16-17H,5-6,11-12H2,1-4H3,(H2,27,32)(H,28,29,30). The Balaban J connectivity index is 0.000000203. The number of para-hydroxylation sites is 1. The summed E-state index contributed by atoms with van der Waals surface area (Å²) >= 11 is 1.56. The molecule has 13 nitrogen and oxygen atoms in total. The van der Waals surface area contributed by atoms with Crippen molar-refractivity contribution in [2.24, 2.45) is 16.9 Å². The van der Waals surface area contributed by atoms with Crippen molar-refractivity contribution in [3.05, 3.63) is 124 Å². The molecule has 6 N–H and O–H groups in total. The number of nitrogens with two attached hydrogens (primary N) is 2. The number of alkyl halides is 2. The molecule has 5 heterocycles. The number of aryl methyl sites for hydroxylation is 1. The third-order valence-corrected chi connectivity index (χ3v) is 13.0. The van der Waals surface area contributed by atoms with Crippen LogP contribution in [-0.2, 0) is 21.9 Å². The van der Waals surface area contributed by atoms with E-state index < -0.39 is 53.1 Å². The average Bonchev–Trinajstić information content (AvgIpc) is 4.06. The Morgan fingerprint density at radius 1 is 0.765 bits per heavy atom. The molecule has 3 aromatic heterocycles. The molecule has 0 aliphatic carbocycles. The Labute approximate surface area is 393 Å². The van der Waals surface area contributed by atoms with Crippen LogP contribution in [0.15, 0.2) is 73.3 Å². The first-order chi connectivity index (χ1) is 32.2. The SMILES string of the molecule is CC(C)(C)CC(Nc1ncnc(N2CCCC2c2ccc(C(C)(F)F)cc2)c1F)C(N)=O.Cc1cc(F)c(CC(Nc2ncnc(N3CCCC3c3nc4ccccc4s3)c2F)C(N)=O)cc1F. The fraction of sp³-hybridized carbons (Fsp3) is 0.396. The zero-order chi connectivity index (χ0) is 49.1. The van der Waals surface area contributed by atoms with Crippen LogP contribution in [0.5, 0.6) is 0 Å². The lowest BCUT2D eigenvalue weighted by atomic mass is 9.88. The number of nitrogens with one attached hydrogen (secondary N) is 2. The summed E-state index contributed by atoms with van der Waals surface area (Å²) in [4.78, 5) is 48.6. The van der Waals surface area contributed by atoms with Crippen LogP contribution in [0.1, 0.15) is 99.1 Å². The number of thiazole rings is 1. The number of nitrogens with zero attached hydrogens (tertiary/aromatic N) is 7. The van der Waals surface area contributed by atoms with Gasteiger partial charge in [0, 0.05) is 32.0 Å². The summed E-state index contributed by atoms with van der Waals surface area (Å²) in [7, 11) is 0. The Bertz CT molecular complexity index is 2730. The lowest BCUT2D eigenvalue weighted by Gasteiger charge is -2.28. The van der Waals surface area contributed by atoms with Crippen LogP contribution >= 0.6 is 11.3 Å². The molecule has 3 aromatic carbocycles. The van der Waals surface area contributed by atoms with Crippen molar-refractivity contribution in [1.29, 1.82) is 0 Å². The number of amides is 2. The lowest BCUT2D eigenvalue weighted by Crippen LogP contribution is -2.39. The fourth-order valence-electron chi connectivity index (χ4n) is 8.45. The van der Waals surface area contributed by atoms with E-state index >= 15 is 8.78 Å². The number of rotatable bonds is 14. The first kappa shape index (κ1) is 49.3. The number of carbonyl (C=O) groups excluding carboxylic acids is 2. The van der Waals surface area contributed by atoms with Gasteiger partial charge in [0.1, 0.15) is 41.4 Å². The number of aromatic nitrogens is 5. The molecule has 360 valence electrons. The van der Waals surface area contributed by atoms with Gasteiger partial charge in [0.05, 0.1) is 22.3 Å². The van der Waals surface area contributed by atoms with Crippen LogP contribution in [0.2, 0.25) is 0 Å². The molecule has 0 saturated carbocycles. The zero-order valence-corrected chi connectivity index (χ0v) is 39.0. The van der Waals surface area contributed by atoms with Crippen molar-refractivity contribution in [1.82, 2.24) is 24.9 Å². The average molecular weight is 962 g/mol. The normalized spacial score (nSPS) is 17.2. The molecule has 8 rings (SSSR count). The molecule has 2 fully saturated rings. The number of halogens is 6. The van der Waals surface area contributed by atoms with Crippen molar-refractivity contribution >= 4 is 56.6 Å². The molecule has 20 heteroatoms. The maximum atomic E-state index is 15.6. The van der Waals surface area contributed by atoms with Crippen LogP contribution in [-0.4, -0.2) is 61.9 Å². The minimum atomic E-state index is -2.92. The Morgan fingerprint density at radius 3 is 1.88 bits per heavy atom. The smallest absolute Gasteiger partial charge is 0.270 e. The number of benzene rings is 3. The molecule has 6 aromatic rings. The van der Waals surface area contributed by atoms with E-state index in [0.717, 1.165) is 65.5 Å². The van der Waals surface area contributed by atoms with Crippen LogP contribution in [0.3, 0.4) is 0 Å². The number of carbonyl (C=O) groups is 2. The quantitative estimate of drug-likeness (QED) is 0.0764. The predicted octanol–water partition coefficient (Wildman–Crippen LogP) is 9.43. The summed E-state index contributed by atoms with van der Waals surface area (Å²) in [6.45, 7) is 9.30. The van der Waals surface area contributed by atoms with Gasteiger partial charge in [-0.25, -0.2) is 42.5 Å². The number of hydrogen-bond donors (Lipinski definition) is 4. The molecular weight excluding hydrogens is 909 g/mol. The van der Waals surface area contributed by atoms with E-state index in [9.17, 15) is 27.2 Å². The summed E-state index contributed by atoms with van der Waals surface area (Å²) in [5, 5.41) is 6.37. The largest absolute Gasteiger partial charge is 0.368 e. The number of anilines is 4. The Hall–Kier alpha value is -6.57. The molecule has 68 heavy (non-hydrogen) atoms. The van der Waals surface area contributed by atoms with Crippen molar-refractivity contribution < 1.29 is 35.9 Å². The molecule has 2 amide bonds. The topological polar surface area (TPSA) is 181 Å². The van der Waals surface area contributed by atoms with Gasteiger partial charge < -0.3 is 31.9 Å². The highest BCUT2D eigenvalue weighted by Crippen LogP contribution is 2.41. The van der Waals surface area contributed by atoms with E-state index in [4.69, 9.17) is 16.5 Å². The summed E-state index contributed by atoms with van der Waals surface area (Å²) in [5.41, 5.74) is 12.5. The number of fused-ring (bicyclic) bond motifs is 1. The van der Waals surface area contributed by atoms with Gasteiger partial charge in [0.2, 0.25) is 23.4 Å². The van der Waals surface area contributed by atoms with Crippen molar-refractivity contribution in [3.8, 4) is 0 Å². The van der Waals surface area contributed by atoms with Crippen molar-refractivity contribution in [3.63, 3.8) is 0 Å². The van der Waals surface area contributed by atoms with Gasteiger partial charge in [-0.3, -0.25) is 9.59 Å². The van der Waals surface area contributed by atoms with Gasteiger partial charge in [0.25, 0.3) is 5.92 Å². The highest BCUT2D eigenvalue weighted by atomic mass is 32.1. The van der Waals surface area contributed by atoms with Crippen molar-refractivity contribution in [2.45, 2.75) is 103 Å². The predicted molar refractivity (Wildman–Crippen MR) is 250 cm³/mol. The highest BCUT2D eigenvalue weighted by molar-refractivity contribution is 7.18. The van der Waals surface area contributed by atoms with Crippen molar-refractivity contribution in [2.75, 3.05) is 33.5 Å². The first-order valence-corrected chi connectivity index (χ1v) is 22.9. The van der Waals surface area contributed by atoms with Gasteiger partial charge in [0.15, 0.2) is 23.3 Å². The maximum Gasteiger partial charge on any atom is 0.270 e. The molecular formula is C48H53F6N11O2S. The monoisotopic (exact) mass is 961 g/mol. The maximum absolute atomic E-state index is 15.6. The summed E-state index contributed by atoms with van der Waals surface area (Å²) < 4.78 is 87.5. The molecule has 2 aliphatic heterocycles. The van der Waals surface area contributed by atoms with Crippen LogP contribution in [0.4, 0.5) is 49.6 Å². The fourth-order valence-corrected chi connectivity index (χ4v) is 9.56. The summed E-state index contributed by atoms with van der Waals surface area (Å²) in [6, 6.07) is 13.6. The second kappa shape index (κ2) is 20.3. The highest BCUT2D eigenvalue weighted by Gasteiger charge is 2.35. The minimum absolute atomic E-state index is 0.0560. The molecule has 4 unspecified atom stereocenters. The molecule has 2 saturated heterocycles. The number of hydrogen-bond acceptors (Lipinski definition) is 12. The second-order valence-electron chi connectivity index (χ2n) is 18.3. The molecule has 0 spiro atoms. The first-order valence-electron chi connectivity index (χ1n) is 22.1.